The molecule has 4 heteroatoms. The lowest BCUT2D eigenvalue weighted by atomic mass is 9.95. The number of anilines is 1. The van der Waals surface area contributed by atoms with Gasteiger partial charge in [0.1, 0.15) is 12.4 Å². The highest BCUT2D eigenvalue weighted by atomic mass is 16.5. The van der Waals surface area contributed by atoms with Crippen LogP contribution in [0.4, 0.5) is 5.69 Å². The van der Waals surface area contributed by atoms with Gasteiger partial charge in [0, 0.05) is 18.2 Å². The van der Waals surface area contributed by atoms with Crippen LogP contribution in [0.1, 0.15) is 20.8 Å². The van der Waals surface area contributed by atoms with E-state index in [0.717, 1.165) is 11.4 Å². The van der Waals surface area contributed by atoms with Crippen LogP contribution in [0.5, 0.6) is 5.75 Å². The van der Waals surface area contributed by atoms with Crippen LogP contribution in [0.15, 0.2) is 24.3 Å². The summed E-state index contributed by atoms with van der Waals surface area (Å²) in [7, 11) is 1.63. The van der Waals surface area contributed by atoms with Crippen LogP contribution in [-0.4, -0.2) is 26.2 Å². The molecular formula is C14H21NO3. The molecule has 0 heterocycles. The predicted molar refractivity (Wildman–Crippen MR) is 71.9 cm³/mol. The molecule has 18 heavy (non-hydrogen) atoms. The van der Waals surface area contributed by atoms with E-state index >= 15 is 0 Å². The van der Waals surface area contributed by atoms with Crippen LogP contribution in [0.3, 0.4) is 0 Å². The lowest BCUT2D eigenvalue weighted by Gasteiger charge is -2.17. The van der Waals surface area contributed by atoms with E-state index in [4.69, 9.17) is 9.47 Å². The summed E-state index contributed by atoms with van der Waals surface area (Å²) < 4.78 is 10.3. The molecule has 0 spiro atoms. The second kappa shape index (κ2) is 6.40. The summed E-state index contributed by atoms with van der Waals surface area (Å²) in [6.07, 6.45) is 0. The zero-order chi connectivity index (χ0) is 13.6. The molecule has 0 aliphatic heterocycles. The minimum atomic E-state index is -0.395. The Balaban J connectivity index is 2.53. The number of carbonyl (C=O) groups excluding carboxylic acids is 1. The molecule has 1 rings (SSSR count). The van der Waals surface area contributed by atoms with Gasteiger partial charge >= 0.3 is 0 Å². The van der Waals surface area contributed by atoms with Gasteiger partial charge in [0.15, 0.2) is 0 Å². The van der Waals surface area contributed by atoms with E-state index < -0.39 is 5.41 Å². The summed E-state index contributed by atoms with van der Waals surface area (Å²) in [6.45, 7) is 6.71. The Morgan fingerprint density at radius 3 is 2.28 bits per heavy atom. The van der Waals surface area contributed by atoms with E-state index in [0.29, 0.717) is 13.2 Å². The van der Waals surface area contributed by atoms with Crippen LogP contribution < -0.4 is 10.1 Å². The molecule has 0 aliphatic carbocycles. The summed E-state index contributed by atoms with van der Waals surface area (Å²) in [4.78, 5) is 11.8. The Bertz CT molecular complexity index is 379. The highest BCUT2D eigenvalue weighted by Gasteiger charge is 2.20. The summed E-state index contributed by atoms with van der Waals surface area (Å²) in [6, 6.07) is 7.30. The second-order valence-electron chi connectivity index (χ2n) is 5.07. The molecule has 0 saturated carbocycles. The number of hydrogen-bond donors (Lipinski definition) is 1. The monoisotopic (exact) mass is 251 g/mol. The number of benzene rings is 1. The van der Waals surface area contributed by atoms with Gasteiger partial charge in [-0.05, 0) is 24.3 Å². The number of ether oxygens (including phenoxy) is 2. The molecule has 0 aromatic heterocycles. The minimum absolute atomic E-state index is 0.00412. The first kappa shape index (κ1) is 14.5. The van der Waals surface area contributed by atoms with Crippen molar-refractivity contribution in [3.05, 3.63) is 24.3 Å². The normalized spacial score (nSPS) is 11.1. The smallest absolute Gasteiger partial charge is 0.229 e. The minimum Gasteiger partial charge on any atom is -0.491 e. The Hall–Kier alpha value is -1.55. The third kappa shape index (κ3) is 4.75. The van der Waals surface area contributed by atoms with E-state index in [-0.39, 0.29) is 5.91 Å². The maximum Gasteiger partial charge on any atom is 0.229 e. The number of methoxy groups -OCH3 is 1. The standard InChI is InChI=1S/C14H21NO3/c1-14(2,3)13(16)15-11-5-7-12(8-6-11)18-10-9-17-4/h5-8H,9-10H2,1-4H3,(H,15,16). The Morgan fingerprint density at radius 1 is 1.17 bits per heavy atom. The summed E-state index contributed by atoms with van der Waals surface area (Å²) in [5.74, 6) is 0.761. The Morgan fingerprint density at radius 2 is 1.78 bits per heavy atom. The molecule has 0 saturated heterocycles. The van der Waals surface area contributed by atoms with Crippen molar-refractivity contribution < 1.29 is 14.3 Å². The summed E-state index contributed by atoms with van der Waals surface area (Å²) in [5, 5.41) is 2.86. The predicted octanol–water partition coefficient (Wildman–Crippen LogP) is 2.70. The van der Waals surface area contributed by atoms with Crippen molar-refractivity contribution in [3.8, 4) is 5.75 Å². The number of rotatable bonds is 5. The molecule has 0 fully saturated rings. The van der Waals surface area contributed by atoms with Gasteiger partial charge in [0.05, 0.1) is 6.61 Å². The first-order chi connectivity index (χ1) is 8.43. The number of amides is 1. The molecule has 1 aromatic rings. The molecule has 1 amide bonds. The fraction of sp³-hybridized carbons (Fsp3) is 0.500. The van der Waals surface area contributed by atoms with E-state index in [2.05, 4.69) is 5.32 Å². The highest BCUT2D eigenvalue weighted by Crippen LogP contribution is 2.19. The van der Waals surface area contributed by atoms with Gasteiger partial charge < -0.3 is 14.8 Å². The van der Waals surface area contributed by atoms with Crippen molar-refractivity contribution in [1.29, 1.82) is 0 Å². The van der Waals surface area contributed by atoms with Gasteiger partial charge in [-0.2, -0.15) is 0 Å². The lowest BCUT2D eigenvalue weighted by molar-refractivity contribution is -0.123. The van der Waals surface area contributed by atoms with Crippen molar-refractivity contribution >= 4 is 11.6 Å². The van der Waals surface area contributed by atoms with E-state index in [1.165, 1.54) is 0 Å². The second-order valence-corrected chi connectivity index (χ2v) is 5.07. The average molecular weight is 251 g/mol. The van der Waals surface area contributed by atoms with Gasteiger partial charge in [0.25, 0.3) is 0 Å². The molecule has 0 atom stereocenters. The molecule has 0 radical (unpaired) electrons. The molecule has 0 aliphatic rings. The number of carbonyl (C=O) groups is 1. The Labute approximate surface area is 108 Å². The van der Waals surface area contributed by atoms with Crippen molar-refractivity contribution in [2.45, 2.75) is 20.8 Å². The maximum atomic E-state index is 11.8. The van der Waals surface area contributed by atoms with E-state index in [1.54, 1.807) is 7.11 Å². The van der Waals surface area contributed by atoms with E-state index in [1.807, 2.05) is 45.0 Å². The molecule has 0 bridgehead atoms. The van der Waals surface area contributed by atoms with Crippen molar-refractivity contribution in [3.63, 3.8) is 0 Å². The summed E-state index contributed by atoms with van der Waals surface area (Å²) >= 11 is 0. The van der Waals surface area contributed by atoms with Crippen molar-refractivity contribution in [2.24, 2.45) is 5.41 Å². The molecule has 0 unspecified atom stereocenters. The maximum absolute atomic E-state index is 11.8. The third-order valence-electron chi connectivity index (χ3n) is 2.35. The zero-order valence-corrected chi connectivity index (χ0v) is 11.4. The van der Waals surface area contributed by atoms with Crippen LogP contribution in [0.25, 0.3) is 0 Å². The fourth-order valence-corrected chi connectivity index (χ4v) is 1.20. The number of hydrogen-bond acceptors (Lipinski definition) is 3. The van der Waals surface area contributed by atoms with Gasteiger partial charge in [-0.15, -0.1) is 0 Å². The number of nitrogens with one attached hydrogen (secondary N) is 1. The van der Waals surface area contributed by atoms with Gasteiger partial charge in [0.2, 0.25) is 5.91 Å². The SMILES string of the molecule is COCCOc1ccc(NC(=O)C(C)(C)C)cc1. The molecular weight excluding hydrogens is 230 g/mol. The van der Waals surface area contributed by atoms with Crippen molar-refractivity contribution in [2.75, 3.05) is 25.6 Å². The molecule has 100 valence electrons. The Kier molecular flexibility index (Phi) is 5.16. The fourth-order valence-electron chi connectivity index (χ4n) is 1.20. The van der Waals surface area contributed by atoms with Crippen molar-refractivity contribution in [1.82, 2.24) is 0 Å². The van der Waals surface area contributed by atoms with Crippen LogP contribution in [0.2, 0.25) is 0 Å². The molecule has 4 nitrogen and oxygen atoms in total. The van der Waals surface area contributed by atoms with Crippen LogP contribution >= 0.6 is 0 Å². The van der Waals surface area contributed by atoms with Gasteiger partial charge in [-0.3, -0.25) is 4.79 Å². The highest BCUT2D eigenvalue weighted by molar-refractivity contribution is 5.94. The van der Waals surface area contributed by atoms with Crippen LogP contribution in [-0.2, 0) is 9.53 Å². The lowest BCUT2D eigenvalue weighted by Crippen LogP contribution is -2.27. The first-order valence-corrected chi connectivity index (χ1v) is 5.97. The summed E-state index contributed by atoms with van der Waals surface area (Å²) in [5.41, 5.74) is 0.377. The average Bonchev–Trinajstić information content (AvgIpc) is 2.30. The van der Waals surface area contributed by atoms with Gasteiger partial charge in [-0.25, -0.2) is 0 Å². The zero-order valence-electron chi connectivity index (χ0n) is 11.4. The largest absolute Gasteiger partial charge is 0.491 e. The van der Waals surface area contributed by atoms with E-state index in [9.17, 15) is 4.79 Å². The third-order valence-corrected chi connectivity index (χ3v) is 2.35. The first-order valence-electron chi connectivity index (χ1n) is 5.97. The molecule has 1 aromatic carbocycles. The van der Waals surface area contributed by atoms with Crippen LogP contribution in [0, 0.1) is 5.41 Å². The quantitative estimate of drug-likeness (QED) is 0.818. The van der Waals surface area contributed by atoms with Gasteiger partial charge in [-0.1, -0.05) is 20.8 Å². The molecule has 1 N–H and O–H groups in total. The topological polar surface area (TPSA) is 47.6 Å².